The molecule has 19 heavy (non-hydrogen) atoms. The van der Waals surface area contributed by atoms with E-state index in [1.165, 1.54) is 0 Å². The number of carbonyl (C=O) groups is 1. The molecule has 1 amide bonds. The highest BCUT2D eigenvalue weighted by molar-refractivity contribution is 5.88. The van der Waals surface area contributed by atoms with E-state index in [-0.39, 0.29) is 6.09 Å². The van der Waals surface area contributed by atoms with Gasteiger partial charge in [-0.1, -0.05) is 0 Å². The second-order valence-electron chi connectivity index (χ2n) is 4.46. The second kappa shape index (κ2) is 4.81. The largest absolute Gasteiger partial charge is 0.460 e. The molecule has 6 nitrogen and oxygen atoms in total. The van der Waals surface area contributed by atoms with E-state index in [0.717, 1.165) is 18.5 Å². The lowest BCUT2D eigenvalue weighted by atomic mass is 10.2. The summed E-state index contributed by atoms with van der Waals surface area (Å²) in [5.41, 5.74) is 6.86. The number of piperazine rings is 1. The van der Waals surface area contributed by atoms with Gasteiger partial charge in [0.25, 0.3) is 0 Å². The van der Waals surface area contributed by atoms with Crippen molar-refractivity contribution >= 4 is 22.7 Å². The van der Waals surface area contributed by atoms with Gasteiger partial charge in [0.15, 0.2) is 11.3 Å². The summed E-state index contributed by atoms with van der Waals surface area (Å²) < 4.78 is 10.7. The van der Waals surface area contributed by atoms with Crippen molar-refractivity contribution in [2.75, 3.05) is 31.9 Å². The number of nitrogens with zero attached hydrogens (tertiary/aromatic N) is 1. The number of benzene rings is 1. The molecule has 1 aromatic heterocycles. The Morgan fingerprint density at radius 1 is 1.37 bits per heavy atom. The van der Waals surface area contributed by atoms with E-state index < -0.39 is 0 Å². The fourth-order valence-electron chi connectivity index (χ4n) is 2.15. The van der Waals surface area contributed by atoms with Gasteiger partial charge >= 0.3 is 6.09 Å². The lowest BCUT2D eigenvalue weighted by Gasteiger charge is -2.26. The van der Waals surface area contributed by atoms with Crippen LogP contribution in [0.5, 0.6) is 5.75 Å². The zero-order valence-electron chi connectivity index (χ0n) is 10.4. The average Bonchev–Trinajstić information content (AvgIpc) is 2.88. The number of furan rings is 1. The highest BCUT2D eigenvalue weighted by Crippen LogP contribution is 2.30. The molecule has 1 aliphatic heterocycles. The van der Waals surface area contributed by atoms with Gasteiger partial charge in [0, 0.05) is 43.3 Å². The third kappa shape index (κ3) is 2.34. The van der Waals surface area contributed by atoms with Crippen LogP contribution in [0, 0.1) is 0 Å². The first-order chi connectivity index (χ1) is 9.24. The van der Waals surface area contributed by atoms with Gasteiger partial charge in [-0.15, -0.1) is 0 Å². The molecule has 0 bridgehead atoms. The van der Waals surface area contributed by atoms with Gasteiger partial charge in [-0.3, -0.25) is 0 Å². The Balaban J connectivity index is 1.84. The summed E-state index contributed by atoms with van der Waals surface area (Å²) in [5.74, 6) is 0.364. The summed E-state index contributed by atoms with van der Waals surface area (Å²) in [4.78, 5) is 13.7. The Kier molecular flexibility index (Phi) is 3.00. The Hall–Kier alpha value is -2.21. The zero-order chi connectivity index (χ0) is 13.2. The van der Waals surface area contributed by atoms with Crippen molar-refractivity contribution < 1.29 is 13.9 Å². The van der Waals surface area contributed by atoms with Gasteiger partial charge in [-0.05, 0) is 12.1 Å². The predicted molar refractivity (Wildman–Crippen MR) is 71.1 cm³/mol. The zero-order valence-corrected chi connectivity index (χ0v) is 10.4. The fraction of sp³-hybridized carbons (Fsp3) is 0.308. The second-order valence-corrected chi connectivity index (χ2v) is 4.46. The van der Waals surface area contributed by atoms with Crippen LogP contribution < -0.4 is 15.8 Å². The van der Waals surface area contributed by atoms with Crippen LogP contribution in [0.2, 0.25) is 0 Å². The molecule has 1 aliphatic rings. The number of anilines is 1. The molecule has 2 heterocycles. The number of nitrogen functional groups attached to an aromatic ring is 1. The van der Waals surface area contributed by atoms with Crippen LogP contribution in [0.3, 0.4) is 0 Å². The van der Waals surface area contributed by atoms with Crippen molar-refractivity contribution in [2.45, 2.75) is 0 Å². The molecule has 0 radical (unpaired) electrons. The summed E-state index contributed by atoms with van der Waals surface area (Å²) in [6, 6.07) is 5.17. The van der Waals surface area contributed by atoms with Crippen LogP contribution in [-0.2, 0) is 0 Å². The van der Waals surface area contributed by atoms with Crippen LogP contribution in [0.15, 0.2) is 28.9 Å². The average molecular weight is 261 g/mol. The number of fused-ring (bicyclic) bond motifs is 1. The maximum Gasteiger partial charge on any atom is 0.415 e. The van der Waals surface area contributed by atoms with E-state index in [2.05, 4.69) is 5.32 Å². The highest BCUT2D eigenvalue weighted by Gasteiger charge is 2.20. The Bertz CT molecular complexity index is 602. The van der Waals surface area contributed by atoms with Crippen LogP contribution in [0.25, 0.3) is 11.0 Å². The number of ether oxygens (including phenoxy) is 1. The SMILES string of the molecule is Nc1cc(OC(=O)N2CCNCC2)c2occc2c1. The Morgan fingerprint density at radius 3 is 2.95 bits per heavy atom. The Labute approximate surface area is 110 Å². The molecule has 0 saturated carbocycles. The first kappa shape index (κ1) is 11.9. The van der Waals surface area contributed by atoms with Crippen molar-refractivity contribution in [1.82, 2.24) is 10.2 Å². The Morgan fingerprint density at radius 2 is 2.16 bits per heavy atom. The maximum atomic E-state index is 12.0. The van der Waals surface area contributed by atoms with Crippen molar-refractivity contribution in [3.63, 3.8) is 0 Å². The van der Waals surface area contributed by atoms with Gasteiger partial charge in [0.1, 0.15) is 0 Å². The van der Waals surface area contributed by atoms with Crippen LogP contribution >= 0.6 is 0 Å². The monoisotopic (exact) mass is 261 g/mol. The number of nitrogens with one attached hydrogen (secondary N) is 1. The topological polar surface area (TPSA) is 80.7 Å². The quantitative estimate of drug-likeness (QED) is 0.759. The normalized spacial score (nSPS) is 15.7. The highest BCUT2D eigenvalue weighted by atomic mass is 16.6. The number of hydrogen-bond acceptors (Lipinski definition) is 5. The minimum absolute atomic E-state index is 0.364. The summed E-state index contributed by atoms with van der Waals surface area (Å²) in [7, 11) is 0. The van der Waals surface area contributed by atoms with E-state index in [1.807, 2.05) is 0 Å². The smallest absolute Gasteiger partial charge is 0.415 e. The standard InChI is InChI=1S/C13H15N3O3/c14-10-7-9-1-6-18-12(9)11(8-10)19-13(17)16-4-2-15-3-5-16/h1,6-8,15H,2-5,14H2. The summed E-state index contributed by atoms with van der Waals surface area (Å²) in [5, 5.41) is 4.00. The summed E-state index contributed by atoms with van der Waals surface area (Å²) in [6.45, 7) is 2.84. The van der Waals surface area contributed by atoms with Gasteiger partial charge in [-0.25, -0.2) is 4.79 Å². The number of nitrogens with two attached hydrogens (primary N) is 1. The number of rotatable bonds is 1. The molecule has 6 heteroatoms. The van der Waals surface area contributed by atoms with Gasteiger partial charge in [-0.2, -0.15) is 0 Å². The fourth-order valence-corrected chi connectivity index (χ4v) is 2.15. The van der Waals surface area contributed by atoms with Crippen LogP contribution in [-0.4, -0.2) is 37.2 Å². The minimum atomic E-state index is -0.371. The molecule has 0 atom stereocenters. The molecule has 1 saturated heterocycles. The number of hydrogen-bond donors (Lipinski definition) is 2. The molecule has 0 unspecified atom stereocenters. The van der Waals surface area contributed by atoms with Crippen molar-refractivity contribution in [3.8, 4) is 5.75 Å². The molecule has 1 fully saturated rings. The van der Waals surface area contributed by atoms with Gasteiger partial charge in [0.2, 0.25) is 0 Å². The van der Waals surface area contributed by atoms with E-state index in [9.17, 15) is 4.79 Å². The van der Waals surface area contributed by atoms with Gasteiger partial charge < -0.3 is 25.1 Å². The van der Waals surface area contributed by atoms with Crippen LogP contribution in [0.1, 0.15) is 0 Å². The molecule has 0 spiro atoms. The molecule has 3 N–H and O–H groups in total. The van der Waals surface area contributed by atoms with E-state index in [1.54, 1.807) is 29.4 Å². The molecular formula is C13H15N3O3. The van der Waals surface area contributed by atoms with Crippen molar-refractivity contribution in [2.24, 2.45) is 0 Å². The van der Waals surface area contributed by atoms with E-state index >= 15 is 0 Å². The molecule has 100 valence electrons. The number of amides is 1. The third-order valence-electron chi connectivity index (χ3n) is 3.11. The summed E-state index contributed by atoms with van der Waals surface area (Å²) in [6.07, 6.45) is 1.18. The lowest BCUT2D eigenvalue weighted by Crippen LogP contribution is -2.47. The molecular weight excluding hydrogens is 246 g/mol. The molecule has 2 aromatic rings. The minimum Gasteiger partial charge on any atom is -0.460 e. The predicted octanol–water partition coefficient (Wildman–Crippen LogP) is 1.42. The molecule has 3 rings (SSSR count). The van der Waals surface area contributed by atoms with E-state index in [0.29, 0.717) is 30.1 Å². The summed E-state index contributed by atoms with van der Waals surface area (Å²) >= 11 is 0. The molecule has 1 aromatic carbocycles. The first-order valence-electron chi connectivity index (χ1n) is 6.18. The van der Waals surface area contributed by atoms with Crippen molar-refractivity contribution in [1.29, 1.82) is 0 Å². The number of carbonyl (C=O) groups excluding carboxylic acids is 1. The van der Waals surface area contributed by atoms with Crippen molar-refractivity contribution in [3.05, 3.63) is 24.5 Å². The first-order valence-corrected chi connectivity index (χ1v) is 6.18. The molecule has 0 aliphatic carbocycles. The third-order valence-corrected chi connectivity index (χ3v) is 3.11. The van der Waals surface area contributed by atoms with Crippen LogP contribution in [0.4, 0.5) is 10.5 Å². The lowest BCUT2D eigenvalue weighted by molar-refractivity contribution is 0.146. The van der Waals surface area contributed by atoms with Gasteiger partial charge in [0.05, 0.1) is 6.26 Å². The maximum absolute atomic E-state index is 12.0. The van der Waals surface area contributed by atoms with E-state index in [4.69, 9.17) is 14.9 Å².